The molecule has 1 aromatic carbocycles. The molecule has 2 rings (SSSR count). The molecule has 1 aromatic heterocycles. The van der Waals surface area contributed by atoms with Crippen molar-refractivity contribution in [1.82, 2.24) is 4.98 Å². The van der Waals surface area contributed by atoms with Crippen LogP contribution in [0, 0.1) is 6.92 Å². The summed E-state index contributed by atoms with van der Waals surface area (Å²) in [6.07, 6.45) is 2.97. The van der Waals surface area contributed by atoms with E-state index in [2.05, 4.69) is 46.2 Å². The summed E-state index contributed by atoms with van der Waals surface area (Å²) in [4.78, 5) is 3.30. The Morgan fingerprint density at radius 1 is 1.43 bits per heavy atom. The maximum atomic E-state index is 5.57. The quantitative estimate of drug-likeness (QED) is 0.848. The van der Waals surface area contributed by atoms with Crippen LogP contribution in [0.5, 0.6) is 0 Å². The minimum Gasteiger partial charge on any atom is -0.361 e. The van der Waals surface area contributed by atoms with Crippen LogP contribution in [0.4, 0.5) is 0 Å². The molecule has 2 aromatic rings. The van der Waals surface area contributed by atoms with Gasteiger partial charge in [0.25, 0.3) is 0 Å². The molecule has 0 fully saturated rings. The van der Waals surface area contributed by atoms with Crippen LogP contribution in [-0.2, 0) is 6.42 Å². The highest BCUT2D eigenvalue weighted by Gasteiger charge is 2.07. The first-order chi connectivity index (χ1) is 6.74. The number of nitrogens with one attached hydrogen (secondary N) is 1. The zero-order chi connectivity index (χ0) is 10.1. The molecule has 1 heterocycles. The first kappa shape index (κ1) is 9.74. The van der Waals surface area contributed by atoms with Crippen molar-refractivity contribution in [1.29, 1.82) is 0 Å². The maximum absolute atomic E-state index is 5.57. The van der Waals surface area contributed by atoms with E-state index in [1.807, 2.05) is 0 Å². The Bertz CT molecular complexity index is 460. The van der Waals surface area contributed by atoms with Gasteiger partial charge in [0.05, 0.1) is 0 Å². The standard InChI is InChI=1S/C11H13BrN2/c1-7-2-3-9(12)10-8(4-5-13)6-14-11(7)10/h2-3,6,14H,4-5,13H2,1H3. The van der Waals surface area contributed by atoms with E-state index in [4.69, 9.17) is 5.73 Å². The molecule has 3 N–H and O–H groups in total. The molecular formula is C11H13BrN2. The Morgan fingerprint density at radius 2 is 2.21 bits per heavy atom. The SMILES string of the molecule is Cc1ccc(Br)c2c(CCN)c[nH]c12. The van der Waals surface area contributed by atoms with Crippen LogP contribution in [0.25, 0.3) is 10.9 Å². The van der Waals surface area contributed by atoms with Crippen LogP contribution < -0.4 is 5.73 Å². The van der Waals surface area contributed by atoms with Crippen molar-refractivity contribution >= 4 is 26.8 Å². The topological polar surface area (TPSA) is 41.8 Å². The fraction of sp³-hybridized carbons (Fsp3) is 0.273. The fourth-order valence-electron chi connectivity index (χ4n) is 1.77. The number of hydrogen-bond donors (Lipinski definition) is 2. The van der Waals surface area contributed by atoms with Gasteiger partial charge in [-0.05, 0) is 37.1 Å². The molecule has 0 spiro atoms. The van der Waals surface area contributed by atoms with Crippen molar-refractivity contribution in [3.63, 3.8) is 0 Å². The first-order valence-electron chi connectivity index (χ1n) is 4.69. The van der Waals surface area contributed by atoms with Gasteiger partial charge in [-0.25, -0.2) is 0 Å². The number of aryl methyl sites for hydroxylation is 1. The molecule has 14 heavy (non-hydrogen) atoms. The Hall–Kier alpha value is -0.800. The highest BCUT2D eigenvalue weighted by Crippen LogP contribution is 2.29. The van der Waals surface area contributed by atoms with Crippen molar-refractivity contribution in [2.75, 3.05) is 6.54 Å². The first-order valence-corrected chi connectivity index (χ1v) is 5.48. The number of hydrogen-bond acceptors (Lipinski definition) is 1. The van der Waals surface area contributed by atoms with Gasteiger partial charge in [0, 0.05) is 21.6 Å². The van der Waals surface area contributed by atoms with E-state index < -0.39 is 0 Å². The summed E-state index contributed by atoms with van der Waals surface area (Å²) in [6.45, 7) is 2.80. The van der Waals surface area contributed by atoms with E-state index >= 15 is 0 Å². The van der Waals surface area contributed by atoms with Crippen LogP contribution in [0.3, 0.4) is 0 Å². The summed E-state index contributed by atoms with van der Waals surface area (Å²) >= 11 is 3.57. The van der Waals surface area contributed by atoms with E-state index in [-0.39, 0.29) is 0 Å². The van der Waals surface area contributed by atoms with Gasteiger partial charge in [-0.1, -0.05) is 22.0 Å². The molecule has 0 aliphatic rings. The van der Waals surface area contributed by atoms with E-state index in [0.717, 1.165) is 10.9 Å². The van der Waals surface area contributed by atoms with E-state index in [1.54, 1.807) is 0 Å². The van der Waals surface area contributed by atoms with Crippen molar-refractivity contribution in [3.8, 4) is 0 Å². The lowest BCUT2D eigenvalue weighted by Crippen LogP contribution is -2.01. The van der Waals surface area contributed by atoms with E-state index in [1.165, 1.54) is 22.0 Å². The molecule has 0 atom stereocenters. The number of aromatic amines is 1. The van der Waals surface area contributed by atoms with Gasteiger partial charge in [-0.3, -0.25) is 0 Å². The maximum Gasteiger partial charge on any atom is 0.0497 e. The van der Waals surface area contributed by atoms with E-state index in [0.29, 0.717) is 6.54 Å². The summed E-state index contributed by atoms with van der Waals surface area (Å²) in [5, 5.41) is 1.27. The number of halogens is 1. The zero-order valence-corrected chi connectivity index (χ0v) is 9.69. The van der Waals surface area contributed by atoms with Crippen molar-refractivity contribution in [2.24, 2.45) is 5.73 Å². The number of fused-ring (bicyclic) bond motifs is 1. The third-order valence-corrected chi connectivity index (χ3v) is 3.15. The second kappa shape index (κ2) is 3.75. The summed E-state index contributed by atoms with van der Waals surface area (Å²) < 4.78 is 1.14. The molecule has 2 nitrogen and oxygen atoms in total. The third-order valence-electron chi connectivity index (χ3n) is 2.49. The molecule has 0 aliphatic heterocycles. The number of H-pyrrole nitrogens is 1. The molecule has 74 valence electrons. The molecule has 0 saturated heterocycles. The van der Waals surface area contributed by atoms with Crippen LogP contribution in [0.1, 0.15) is 11.1 Å². The minimum atomic E-state index is 0.688. The smallest absolute Gasteiger partial charge is 0.0497 e. The Labute approximate surface area is 91.6 Å². The Balaban J connectivity index is 2.70. The van der Waals surface area contributed by atoms with Gasteiger partial charge >= 0.3 is 0 Å². The predicted molar refractivity (Wildman–Crippen MR) is 63.5 cm³/mol. The molecule has 0 saturated carbocycles. The van der Waals surface area contributed by atoms with Crippen LogP contribution >= 0.6 is 15.9 Å². The van der Waals surface area contributed by atoms with Crippen molar-refractivity contribution in [2.45, 2.75) is 13.3 Å². The predicted octanol–water partition coefficient (Wildman–Crippen LogP) is 2.74. The largest absolute Gasteiger partial charge is 0.361 e. The fourth-order valence-corrected chi connectivity index (χ4v) is 2.35. The van der Waals surface area contributed by atoms with Gasteiger partial charge < -0.3 is 10.7 Å². The van der Waals surface area contributed by atoms with Gasteiger partial charge in [0.1, 0.15) is 0 Å². The molecule has 0 unspecified atom stereocenters. The number of aromatic nitrogens is 1. The van der Waals surface area contributed by atoms with Crippen LogP contribution in [0.2, 0.25) is 0 Å². The van der Waals surface area contributed by atoms with Gasteiger partial charge in [-0.2, -0.15) is 0 Å². The van der Waals surface area contributed by atoms with Crippen LogP contribution in [-0.4, -0.2) is 11.5 Å². The molecule has 0 bridgehead atoms. The summed E-state index contributed by atoms with van der Waals surface area (Å²) in [5.74, 6) is 0. The highest BCUT2D eigenvalue weighted by atomic mass is 79.9. The third kappa shape index (κ3) is 1.47. The van der Waals surface area contributed by atoms with E-state index in [9.17, 15) is 0 Å². The summed E-state index contributed by atoms with van der Waals surface area (Å²) in [7, 11) is 0. The second-order valence-corrected chi connectivity index (χ2v) is 4.32. The second-order valence-electron chi connectivity index (χ2n) is 3.47. The van der Waals surface area contributed by atoms with Crippen molar-refractivity contribution < 1.29 is 0 Å². The number of nitrogens with two attached hydrogens (primary N) is 1. The lowest BCUT2D eigenvalue weighted by molar-refractivity contribution is 0.976. The number of rotatable bonds is 2. The Kier molecular flexibility index (Phi) is 2.61. The normalized spacial score (nSPS) is 11.1. The summed E-state index contributed by atoms with van der Waals surface area (Å²) in [5.41, 5.74) is 9.34. The molecular weight excluding hydrogens is 240 g/mol. The Morgan fingerprint density at radius 3 is 2.93 bits per heavy atom. The monoisotopic (exact) mass is 252 g/mol. The molecule has 0 aliphatic carbocycles. The molecule has 0 radical (unpaired) electrons. The number of benzene rings is 1. The lowest BCUT2D eigenvalue weighted by atomic mass is 10.1. The van der Waals surface area contributed by atoms with Gasteiger partial charge in [0.2, 0.25) is 0 Å². The summed E-state index contributed by atoms with van der Waals surface area (Å²) in [6, 6.07) is 4.20. The van der Waals surface area contributed by atoms with Gasteiger partial charge in [-0.15, -0.1) is 0 Å². The average Bonchev–Trinajstić information content (AvgIpc) is 2.58. The molecule has 0 amide bonds. The zero-order valence-electron chi connectivity index (χ0n) is 8.10. The highest BCUT2D eigenvalue weighted by molar-refractivity contribution is 9.10. The molecule has 3 heteroatoms. The van der Waals surface area contributed by atoms with Crippen molar-refractivity contribution in [3.05, 3.63) is 33.9 Å². The van der Waals surface area contributed by atoms with Gasteiger partial charge in [0.15, 0.2) is 0 Å². The van der Waals surface area contributed by atoms with Crippen LogP contribution in [0.15, 0.2) is 22.8 Å². The average molecular weight is 253 g/mol. The lowest BCUT2D eigenvalue weighted by Gasteiger charge is -2.01. The minimum absolute atomic E-state index is 0.688.